The summed E-state index contributed by atoms with van der Waals surface area (Å²) in [6.07, 6.45) is -19.2. The van der Waals surface area contributed by atoms with Gasteiger partial charge in [-0.15, -0.1) is 0 Å². The van der Waals surface area contributed by atoms with Gasteiger partial charge < -0.3 is 99.5 Å². The Morgan fingerprint density at radius 3 is 2.05 bits per heavy atom. The quantitative estimate of drug-likeness (QED) is 0.0874. The van der Waals surface area contributed by atoms with Gasteiger partial charge in [-0.05, 0) is 74.0 Å². The van der Waals surface area contributed by atoms with Crippen LogP contribution in [0.4, 0.5) is 0 Å². The lowest BCUT2D eigenvalue weighted by Crippen LogP contribution is -2.65. The van der Waals surface area contributed by atoms with Gasteiger partial charge in [0.25, 0.3) is 0 Å². The van der Waals surface area contributed by atoms with E-state index < -0.39 is 135 Å². The molecule has 0 aromatic carbocycles. The van der Waals surface area contributed by atoms with E-state index in [4.69, 9.17) is 33.2 Å². The highest BCUT2D eigenvalue weighted by Crippen LogP contribution is 2.70. The van der Waals surface area contributed by atoms with Crippen molar-refractivity contribution < 1.29 is 99.5 Å². The molecule has 0 amide bonds. The largest absolute Gasteiger partial charge is 0.394 e. The van der Waals surface area contributed by atoms with Crippen LogP contribution in [0, 0.1) is 46.3 Å². The second kappa shape index (κ2) is 18.9. The third kappa shape index (κ3) is 8.59. The Labute approximate surface area is 378 Å². The molecule has 4 aliphatic heterocycles. The Bertz CT molecular complexity index is 1670. The normalized spacial score (nSPS) is 56.0. The van der Waals surface area contributed by atoms with E-state index in [0.717, 1.165) is 5.57 Å². The highest BCUT2D eigenvalue weighted by atomic mass is 16.8. The van der Waals surface area contributed by atoms with Crippen LogP contribution in [0.15, 0.2) is 11.6 Å². The summed E-state index contributed by atoms with van der Waals surface area (Å²) in [5.41, 5.74) is -0.317. The zero-order valence-electron chi connectivity index (χ0n) is 37.8. The van der Waals surface area contributed by atoms with Gasteiger partial charge in [0.15, 0.2) is 24.7 Å². The first-order chi connectivity index (χ1) is 30.6. The first kappa shape index (κ1) is 50.3. The lowest BCUT2D eigenvalue weighted by Gasteiger charge is -2.61. The van der Waals surface area contributed by atoms with E-state index >= 15 is 0 Å². The first-order valence-corrected chi connectivity index (χ1v) is 23.6. The molecule has 20 nitrogen and oxygen atoms in total. The zero-order chi connectivity index (χ0) is 47.2. The van der Waals surface area contributed by atoms with Gasteiger partial charge in [0.05, 0.1) is 50.3 Å². The molecule has 28 atom stereocenters. The molecule has 0 unspecified atom stereocenters. The molecule has 65 heavy (non-hydrogen) atoms. The van der Waals surface area contributed by atoms with Gasteiger partial charge in [-0.25, -0.2) is 0 Å². The number of fused-ring (bicyclic) bond motifs is 7. The fraction of sp³-hybridized carbons (Fsp3) is 0.956. The van der Waals surface area contributed by atoms with Crippen LogP contribution in [-0.2, 0) is 33.2 Å². The van der Waals surface area contributed by atoms with Crippen LogP contribution in [-0.4, -0.2) is 209 Å². The van der Waals surface area contributed by atoms with Gasteiger partial charge in [0.2, 0.25) is 0 Å². The Morgan fingerprint density at radius 1 is 0.738 bits per heavy atom. The number of rotatable bonds is 12. The Hall–Kier alpha value is -1.06. The van der Waals surface area contributed by atoms with Crippen molar-refractivity contribution in [2.75, 3.05) is 19.8 Å². The summed E-state index contributed by atoms with van der Waals surface area (Å²) in [5.74, 6) is -2.08. The summed E-state index contributed by atoms with van der Waals surface area (Å²) >= 11 is 0. The van der Waals surface area contributed by atoms with Crippen molar-refractivity contribution in [2.24, 2.45) is 46.3 Å². The third-order valence-corrected chi connectivity index (χ3v) is 17.4. The predicted octanol–water partition coefficient (Wildman–Crippen LogP) is -2.89. The molecule has 7 fully saturated rings. The predicted molar refractivity (Wildman–Crippen MR) is 220 cm³/mol. The Balaban J connectivity index is 0.918. The van der Waals surface area contributed by atoms with Gasteiger partial charge in [0, 0.05) is 24.2 Å². The summed E-state index contributed by atoms with van der Waals surface area (Å²) in [4.78, 5) is 0. The second-order valence-electron chi connectivity index (χ2n) is 21.2. The molecule has 0 aromatic rings. The summed E-state index contributed by atoms with van der Waals surface area (Å²) in [5, 5.41) is 140. The van der Waals surface area contributed by atoms with Crippen LogP contribution in [0.25, 0.3) is 0 Å². The van der Waals surface area contributed by atoms with Gasteiger partial charge >= 0.3 is 0 Å². The average Bonchev–Trinajstić information content (AvgIpc) is 3.70. The molecule has 0 spiro atoms. The van der Waals surface area contributed by atoms with Crippen LogP contribution in [0.3, 0.4) is 0 Å². The Kier molecular flexibility index (Phi) is 14.7. The molecule has 13 N–H and O–H groups in total. The van der Waals surface area contributed by atoms with Crippen molar-refractivity contribution in [3.8, 4) is 0 Å². The second-order valence-corrected chi connectivity index (χ2v) is 21.2. The van der Waals surface area contributed by atoms with E-state index in [1.807, 2.05) is 20.8 Å². The first-order valence-electron chi connectivity index (χ1n) is 23.6. The summed E-state index contributed by atoms with van der Waals surface area (Å²) in [6, 6.07) is 0. The van der Waals surface area contributed by atoms with Gasteiger partial charge in [-0.2, -0.15) is 0 Å². The van der Waals surface area contributed by atoms with E-state index in [9.17, 15) is 66.4 Å². The molecule has 20 heteroatoms. The number of aliphatic hydroxyl groups excluding tert-OH is 12. The van der Waals surface area contributed by atoms with Gasteiger partial charge in [-0.3, -0.25) is 0 Å². The van der Waals surface area contributed by atoms with E-state index in [1.54, 1.807) is 0 Å². The number of hydrogen-bond acceptors (Lipinski definition) is 20. The summed E-state index contributed by atoms with van der Waals surface area (Å²) in [7, 11) is 0. The minimum absolute atomic E-state index is 0.00159. The minimum Gasteiger partial charge on any atom is -0.394 e. The third-order valence-electron chi connectivity index (χ3n) is 17.4. The van der Waals surface area contributed by atoms with Crippen molar-refractivity contribution in [1.29, 1.82) is 0 Å². The lowest BCUT2D eigenvalue weighted by molar-refractivity contribution is -0.370. The highest BCUT2D eigenvalue weighted by molar-refractivity contribution is 5.29. The van der Waals surface area contributed by atoms with Crippen molar-refractivity contribution in [1.82, 2.24) is 0 Å². The molecule has 0 aromatic heterocycles. The molecule has 0 bridgehead atoms. The topological polar surface area (TPSA) is 328 Å². The standard InChI is InChI=1S/C45H74O20/c1-17(16-59-40-37(56)35(54)32(51)26(14-46)62-40)8-9-45(58)18(2)29-25(65-45)12-23-22-7-6-20-10-21(11-28(49)44(20,5)30(22)24(48)13-43(23,29)4)61-42-39(36(55)33(52)27(15-47)63-42)64-41-38(57)34(53)31(50)19(3)60-41/h6,17-19,21-42,46-58H,7-16H2,1-5H3/t17-,18+,19+,21-,22+,23+,24-,25+,26-,27-,28-,29+,30-,31+,32-,33-,34-,35+,36+,37-,38-,39-,40-,41-,42-,43+,44-,45-/m1/s1. The average molecular weight is 935 g/mol. The van der Waals surface area contributed by atoms with Crippen LogP contribution in [0.1, 0.15) is 79.6 Å². The van der Waals surface area contributed by atoms with E-state index in [1.165, 1.54) is 6.92 Å². The maximum atomic E-state index is 12.3. The number of aliphatic hydroxyl groups is 13. The molecule has 374 valence electrons. The summed E-state index contributed by atoms with van der Waals surface area (Å²) < 4.78 is 41.7. The van der Waals surface area contributed by atoms with Gasteiger partial charge in [0.1, 0.15) is 67.1 Å². The maximum absolute atomic E-state index is 12.3. The van der Waals surface area contributed by atoms with E-state index in [2.05, 4.69) is 13.0 Å². The molecule has 8 aliphatic rings. The van der Waals surface area contributed by atoms with Crippen LogP contribution in [0.5, 0.6) is 0 Å². The molecule has 4 aliphatic carbocycles. The van der Waals surface area contributed by atoms with Crippen molar-refractivity contribution in [3.63, 3.8) is 0 Å². The van der Waals surface area contributed by atoms with Gasteiger partial charge in [-0.1, -0.05) is 39.3 Å². The number of allylic oxidation sites excluding steroid dienone is 1. The highest BCUT2D eigenvalue weighted by Gasteiger charge is 2.70. The maximum Gasteiger partial charge on any atom is 0.187 e. The van der Waals surface area contributed by atoms with Crippen molar-refractivity contribution in [2.45, 2.75) is 202 Å². The lowest BCUT2D eigenvalue weighted by atomic mass is 9.45. The SMILES string of the molecule is C[C@H](CC[C@@]1(O)O[C@H]2C[C@H]3[C@@H]4CC=C5C[C@@H](O[C@@H]6O[C@H](CO)[C@@H](O)[C@H](O)[C@H]6O[C@H]6O[C@@H](C)[C@H](O)[C@@H](O)[C@H]6O)C[C@@H](O)[C@]5(C)[C@H]4[C@H](O)C[C@]3(C)[C@H]2[C@@H]1C)CO[C@@H]1O[C@H](CO)[C@@H](O)[C@H](O)[C@H]1O. The van der Waals surface area contributed by atoms with Crippen molar-refractivity contribution in [3.05, 3.63) is 11.6 Å². The van der Waals surface area contributed by atoms with Crippen molar-refractivity contribution >= 4 is 0 Å². The zero-order valence-corrected chi connectivity index (χ0v) is 37.8. The molecule has 0 radical (unpaired) electrons. The van der Waals surface area contributed by atoms with Crippen LogP contribution < -0.4 is 0 Å². The monoisotopic (exact) mass is 934 g/mol. The molecule has 3 saturated carbocycles. The van der Waals surface area contributed by atoms with Crippen LogP contribution >= 0.6 is 0 Å². The molecule has 4 heterocycles. The molecule has 4 saturated heterocycles. The summed E-state index contributed by atoms with van der Waals surface area (Å²) in [6.45, 7) is 8.47. The number of ether oxygens (including phenoxy) is 7. The van der Waals surface area contributed by atoms with Crippen LogP contribution in [0.2, 0.25) is 0 Å². The van der Waals surface area contributed by atoms with E-state index in [-0.39, 0.29) is 60.1 Å². The smallest absolute Gasteiger partial charge is 0.187 e. The fourth-order valence-electron chi connectivity index (χ4n) is 13.7. The Morgan fingerprint density at radius 2 is 1.37 bits per heavy atom. The molecular formula is C45H74O20. The fourth-order valence-corrected chi connectivity index (χ4v) is 13.7. The minimum atomic E-state index is -1.72. The molecular weight excluding hydrogens is 860 g/mol. The van der Waals surface area contributed by atoms with E-state index in [0.29, 0.717) is 38.5 Å². The number of hydrogen-bond donors (Lipinski definition) is 13. The molecule has 8 rings (SSSR count).